The second-order valence-electron chi connectivity index (χ2n) is 5.08. The lowest BCUT2D eigenvalue weighted by molar-refractivity contribution is 0.409. The Bertz CT molecular complexity index is 524. The quantitative estimate of drug-likeness (QED) is 0.776. The molecule has 6 nitrogen and oxygen atoms in total. The summed E-state index contributed by atoms with van der Waals surface area (Å²) in [5, 5.41) is 17.6. The monoisotopic (exact) mass is 258 g/mol. The Morgan fingerprint density at radius 3 is 3.05 bits per heavy atom. The fourth-order valence-electron chi connectivity index (χ4n) is 2.63. The first-order chi connectivity index (χ1) is 9.31. The third-order valence-corrected chi connectivity index (χ3v) is 3.55. The van der Waals surface area contributed by atoms with Crippen molar-refractivity contribution >= 4 is 5.69 Å². The molecule has 0 saturated heterocycles. The number of aromatic amines is 1. The zero-order valence-corrected chi connectivity index (χ0v) is 10.7. The summed E-state index contributed by atoms with van der Waals surface area (Å²) in [6, 6.07) is 8.87. The fraction of sp³-hybridized carbons (Fsp3) is 0.462. The van der Waals surface area contributed by atoms with Gasteiger partial charge in [0.05, 0.1) is 0 Å². The first kappa shape index (κ1) is 12.1. The molecule has 2 unspecified atom stereocenters. The summed E-state index contributed by atoms with van der Waals surface area (Å²) >= 11 is 0. The molecule has 3 rings (SSSR count). The average Bonchev–Trinajstić information content (AvgIpc) is 2.93. The van der Waals surface area contributed by atoms with Crippen LogP contribution in [0, 0.1) is 0 Å². The van der Waals surface area contributed by atoms with Crippen LogP contribution in [0.25, 0.3) is 11.4 Å². The molecule has 2 atom stereocenters. The molecule has 4 N–H and O–H groups in total. The van der Waals surface area contributed by atoms with Gasteiger partial charge >= 0.3 is 0 Å². The number of rotatable bonds is 3. The molecule has 1 fully saturated rings. The molecule has 1 aliphatic carbocycles. The molecule has 0 aliphatic heterocycles. The van der Waals surface area contributed by atoms with E-state index in [1.165, 1.54) is 12.8 Å². The molecule has 1 heterocycles. The summed E-state index contributed by atoms with van der Waals surface area (Å²) in [6.07, 6.45) is 4.55. The minimum Gasteiger partial charge on any atom is -0.382 e. The Kier molecular flexibility index (Phi) is 3.41. The van der Waals surface area contributed by atoms with E-state index in [2.05, 4.69) is 32.0 Å². The van der Waals surface area contributed by atoms with Gasteiger partial charge in [-0.25, -0.2) is 0 Å². The molecular formula is C13H18N6. The molecule has 2 aromatic rings. The second kappa shape index (κ2) is 5.36. The molecule has 1 aromatic carbocycles. The van der Waals surface area contributed by atoms with Crippen molar-refractivity contribution in [1.29, 1.82) is 0 Å². The average molecular weight is 258 g/mol. The predicted octanol–water partition coefficient (Wildman–Crippen LogP) is 1.55. The summed E-state index contributed by atoms with van der Waals surface area (Å²) < 4.78 is 0. The van der Waals surface area contributed by atoms with Crippen LogP contribution in [0.2, 0.25) is 0 Å². The fourth-order valence-corrected chi connectivity index (χ4v) is 2.63. The van der Waals surface area contributed by atoms with Gasteiger partial charge in [-0.3, -0.25) is 0 Å². The van der Waals surface area contributed by atoms with E-state index in [9.17, 15) is 0 Å². The molecule has 0 radical (unpaired) electrons. The van der Waals surface area contributed by atoms with Gasteiger partial charge in [-0.1, -0.05) is 12.1 Å². The van der Waals surface area contributed by atoms with Crippen molar-refractivity contribution in [3.8, 4) is 11.4 Å². The number of nitrogens with zero attached hydrogens (tertiary/aromatic N) is 3. The van der Waals surface area contributed by atoms with Gasteiger partial charge in [0, 0.05) is 23.3 Å². The van der Waals surface area contributed by atoms with Crippen LogP contribution in [0.3, 0.4) is 0 Å². The Morgan fingerprint density at radius 1 is 1.32 bits per heavy atom. The summed E-state index contributed by atoms with van der Waals surface area (Å²) in [5.41, 5.74) is 8.06. The highest BCUT2D eigenvalue weighted by Gasteiger charge is 2.18. The Morgan fingerprint density at radius 2 is 2.26 bits per heavy atom. The molecule has 0 spiro atoms. The minimum absolute atomic E-state index is 0.326. The van der Waals surface area contributed by atoms with E-state index >= 15 is 0 Å². The molecule has 6 heteroatoms. The van der Waals surface area contributed by atoms with Crippen LogP contribution >= 0.6 is 0 Å². The summed E-state index contributed by atoms with van der Waals surface area (Å²) in [4.78, 5) is 0. The normalized spacial score (nSPS) is 23.2. The van der Waals surface area contributed by atoms with Gasteiger partial charge in [0.2, 0.25) is 5.82 Å². The van der Waals surface area contributed by atoms with Crippen LogP contribution in [0.1, 0.15) is 25.7 Å². The maximum Gasteiger partial charge on any atom is 0.204 e. The molecule has 100 valence electrons. The standard InChI is InChI=1S/C13H18N6/c14-10-4-2-6-12(8-10)15-11-5-1-3-9(7-11)13-16-18-19-17-13/h1,3,5,7,10,12,15H,2,4,6,8,14H2,(H,16,17,18,19). The van der Waals surface area contributed by atoms with E-state index in [1.807, 2.05) is 18.2 Å². The van der Waals surface area contributed by atoms with E-state index < -0.39 is 0 Å². The van der Waals surface area contributed by atoms with E-state index in [0.717, 1.165) is 24.1 Å². The molecule has 1 aromatic heterocycles. The SMILES string of the molecule is NC1CCCC(Nc2cccc(-c3nn[nH]n3)c2)C1. The van der Waals surface area contributed by atoms with Crippen LogP contribution in [0.5, 0.6) is 0 Å². The van der Waals surface area contributed by atoms with Crippen molar-refractivity contribution in [2.75, 3.05) is 5.32 Å². The minimum atomic E-state index is 0.326. The van der Waals surface area contributed by atoms with Gasteiger partial charge in [-0.05, 0) is 43.0 Å². The van der Waals surface area contributed by atoms with Gasteiger partial charge in [0.25, 0.3) is 0 Å². The molecule has 0 bridgehead atoms. The number of hydrogen-bond acceptors (Lipinski definition) is 5. The second-order valence-corrected chi connectivity index (χ2v) is 5.08. The Hall–Kier alpha value is -1.95. The third kappa shape index (κ3) is 2.90. The smallest absolute Gasteiger partial charge is 0.204 e. The highest BCUT2D eigenvalue weighted by Crippen LogP contribution is 2.23. The first-order valence-electron chi connectivity index (χ1n) is 6.67. The number of nitrogens with one attached hydrogen (secondary N) is 2. The predicted molar refractivity (Wildman–Crippen MR) is 73.5 cm³/mol. The third-order valence-electron chi connectivity index (χ3n) is 3.55. The van der Waals surface area contributed by atoms with Crippen molar-refractivity contribution in [2.24, 2.45) is 5.73 Å². The maximum atomic E-state index is 6.01. The molecular weight excluding hydrogens is 240 g/mol. The Labute approximate surface area is 111 Å². The zero-order chi connectivity index (χ0) is 13.1. The van der Waals surface area contributed by atoms with Crippen LogP contribution in [0.4, 0.5) is 5.69 Å². The highest BCUT2D eigenvalue weighted by molar-refractivity contribution is 5.61. The van der Waals surface area contributed by atoms with Gasteiger partial charge in [0.1, 0.15) is 0 Å². The number of hydrogen-bond donors (Lipinski definition) is 3. The number of anilines is 1. The summed E-state index contributed by atoms with van der Waals surface area (Å²) in [6.45, 7) is 0. The van der Waals surface area contributed by atoms with E-state index in [1.54, 1.807) is 0 Å². The summed E-state index contributed by atoms with van der Waals surface area (Å²) in [5.74, 6) is 0.615. The van der Waals surface area contributed by atoms with Crippen LogP contribution in [0.15, 0.2) is 24.3 Å². The zero-order valence-electron chi connectivity index (χ0n) is 10.7. The molecule has 19 heavy (non-hydrogen) atoms. The van der Waals surface area contributed by atoms with Crippen LogP contribution in [-0.4, -0.2) is 32.7 Å². The van der Waals surface area contributed by atoms with Crippen molar-refractivity contribution in [1.82, 2.24) is 20.6 Å². The summed E-state index contributed by atoms with van der Waals surface area (Å²) in [7, 11) is 0. The van der Waals surface area contributed by atoms with Crippen LogP contribution in [-0.2, 0) is 0 Å². The largest absolute Gasteiger partial charge is 0.382 e. The van der Waals surface area contributed by atoms with Crippen molar-refractivity contribution in [3.05, 3.63) is 24.3 Å². The number of nitrogens with two attached hydrogens (primary N) is 1. The first-order valence-corrected chi connectivity index (χ1v) is 6.67. The number of aromatic nitrogens is 4. The highest BCUT2D eigenvalue weighted by atomic mass is 15.5. The topological polar surface area (TPSA) is 92.5 Å². The Balaban J connectivity index is 1.73. The van der Waals surface area contributed by atoms with Crippen molar-refractivity contribution in [3.63, 3.8) is 0 Å². The van der Waals surface area contributed by atoms with Gasteiger partial charge in [-0.2, -0.15) is 5.21 Å². The van der Waals surface area contributed by atoms with E-state index in [-0.39, 0.29) is 0 Å². The molecule has 1 saturated carbocycles. The lowest BCUT2D eigenvalue weighted by Crippen LogP contribution is -2.34. The number of tetrazole rings is 1. The van der Waals surface area contributed by atoms with Gasteiger partial charge < -0.3 is 11.1 Å². The van der Waals surface area contributed by atoms with E-state index in [4.69, 9.17) is 5.73 Å². The lowest BCUT2D eigenvalue weighted by atomic mass is 9.91. The van der Waals surface area contributed by atoms with Crippen molar-refractivity contribution < 1.29 is 0 Å². The lowest BCUT2D eigenvalue weighted by Gasteiger charge is -2.28. The number of benzene rings is 1. The molecule has 1 aliphatic rings. The van der Waals surface area contributed by atoms with Crippen LogP contribution < -0.4 is 11.1 Å². The molecule has 0 amide bonds. The van der Waals surface area contributed by atoms with Gasteiger partial charge in [0.15, 0.2) is 0 Å². The number of H-pyrrole nitrogens is 1. The van der Waals surface area contributed by atoms with Crippen molar-refractivity contribution in [2.45, 2.75) is 37.8 Å². The maximum absolute atomic E-state index is 6.01. The van der Waals surface area contributed by atoms with E-state index in [0.29, 0.717) is 17.9 Å². The van der Waals surface area contributed by atoms with Gasteiger partial charge in [-0.15, -0.1) is 10.2 Å².